The number of rotatable bonds is 4. The van der Waals surface area contributed by atoms with Crippen LogP contribution in [0.15, 0.2) is 6.20 Å². The minimum Gasteiger partial charge on any atom is -0.506 e. The van der Waals surface area contributed by atoms with Gasteiger partial charge >= 0.3 is 7.32 Å². The lowest BCUT2D eigenvalue weighted by Gasteiger charge is -2.10. The predicted molar refractivity (Wildman–Crippen MR) is 51.5 cm³/mol. The van der Waals surface area contributed by atoms with Crippen molar-refractivity contribution in [2.75, 3.05) is 0 Å². The van der Waals surface area contributed by atoms with Crippen LogP contribution in [0.2, 0.25) is 0 Å². The lowest BCUT2D eigenvalue weighted by atomic mass is 10.1. The molecule has 1 heterocycles. The van der Waals surface area contributed by atoms with Crippen molar-refractivity contribution >= 4 is 7.32 Å². The number of aromatic nitrogens is 1. The molecule has 0 fully saturated rings. The molecule has 0 aliphatic carbocycles. The van der Waals surface area contributed by atoms with Crippen LogP contribution in [0.1, 0.15) is 16.8 Å². The van der Waals surface area contributed by atoms with E-state index in [9.17, 15) is 5.11 Å². The maximum Gasteiger partial charge on any atom is 0.634 e. The van der Waals surface area contributed by atoms with Crippen LogP contribution < -0.4 is 0 Å². The molecule has 0 aliphatic heterocycles. The molecule has 0 saturated carbocycles. The molecule has 0 spiro atoms. The van der Waals surface area contributed by atoms with Gasteiger partial charge in [0.2, 0.25) is 0 Å². The average Bonchev–Trinajstić information content (AvgIpc) is 2.19. The lowest BCUT2D eigenvalue weighted by Crippen LogP contribution is -2.17. The molecule has 1 aromatic heterocycles. The molecule has 0 bridgehead atoms. The average molecular weight is 213 g/mol. The highest BCUT2D eigenvalue weighted by Crippen LogP contribution is 2.24. The second-order valence-electron chi connectivity index (χ2n) is 2.99. The van der Waals surface area contributed by atoms with Gasteiger partial charge < -0.3 is 24.9 Å². The molecule has 1 aromatic rings. The number of hydrogen-bond donors (Lipinski definition) is 4. The molecule has 0 aliphatic rings. The van der Waals surface area contributed by atoms with Gasteiger partial charge in [0, 0.05) is 17.3 Å². The van der Waals surface area contributed by atoms with Gasteiger partial charge in [0.05, 0.1) is 18.9 Å². The Hall–Kier alpha value is -1.15. The number of aliphatic hydroxyl groups is 1. The monoisotopic (exact) mass is 213 g/mol. The van der Waals surface area contributed by atoms with Gasteiger partial charge in [-0.25, -0.2) is 0 Å². The summed E-state index contributed by atoms with van der Waals surface area (Å²) in [5.74, 6) is -0.106. The molecule has 82 valence electrons. The van der Waals surface area contributed by atoms with E-state index in [0.29, 0.717) is 11.3 Å². The fraction of sp³-hybridized carbons (Fsp3) is 0.375. The minimum atomic E-state index is -1.89. The molecule has 4 N–H and O–H groups in total. The third kappa shape index (κ3) is 2.90. The zero-order valence-electron chi connectivity index (χ0n) is 8.21. The predicted octanol–water partition coefficient (Wildman–Crippen LogP) is -0.926. The summed E-state index contributed by atoms with van der Waals surface area (Å²) in [4.78, 5) is 3.86. The van der Waals surface area contributed by atoms with Crippen molar-refractivity contribution in [1.82, 2.24) is 4.98 Å². The molecule has 7 heteroatoms. The molecule has 6 nitrogen and oxygen atoms in total. The second kappa shape index (κ2) is 5.08. The van der Waals surface area contributed by atoms with Gasteiger partial charge in [-0.15, -0.1) is 0 Å². The molecule has 0 unspecified atom stereocenters. The molecule has 0 saturated heterocycles. The molecule has 0 amide bonds. The number of aliphatic hydroxyl groups excluding tert-OH is 1. The van der Waals surface area contributed by atoms with Crippen LogP contribution in [0, 0.1) is 6.92 Å². The van der Waals surface area contributed by atoms with E-state index in [-0.39, 0.29) is 24.5 Å². The van der Waals surface area contributed by atoms with E-state index in [1.165, 1.54) is 6.20 Å². The third-order valence-corrected chi connectivity index (χ3v) is 1.98. The number of nitrogens with zero attached hydrogens (tertiary/aromatic N) is 1. The molecule has 0 aromatic carbocycles. The zero-order valence-corrected chi connectivity index (χ0v) is 8.21. The maximum absolute atomic E-state index is 9.54. The van der Waals surface area contributed by atoms with Crippen LogP contribution in [0.5, 0.6) is 5.75 Å². The Kier molecular flexibility index (Phi) is 4.04. The highest BCUT2D eigenvalue weighted by atomic mass is 16.6. The summed E-state index contributed by atoms with van der Waals surface area (Å²) in [5, 5.41) is 35.5. The van der Waals surface area contributed by atoms with Crippen LogP contribution in [0.4, 0.5) is 0 Å². The number of hydrogen-bond acceptors (Lipinski definition) is 6. The first kappa shape index (κ1) is 11.9. The molecule has 0 atom stereocenters. The van der Waals surface area contributed by atoms with Crippen molar-refractivity contribution in [2.24, 2.45) is 0 Å². The van der Waals surface area contributed by atoms with Crippen LogP contribution >= 0.6 is 0 Å². The lowest BCUT2D eigenvalue weighted by molar-refractivity contribution is 0.174. The Morgan fingerprint density at radius 2 is 2.13 bits per heavy atom. The summed E-state index contributed by atoms with van der Waals surface area (Å²) in [6.07, 6.45) is 1.41. The Labute approximate surface area is 87.0 Å². The van der Waals surface area contributed by atoms with Gasteiger partial charge in [0.1, 0.15) is 5.75 Å². The smallest absolute Gasteiger partial charge is 0.506 e. The number of aryl methyl sites for hydroxylation is 1. The van der Waals surface area contributed by atoms with Crippen molar-refractivity contribution in [1.29, 1.82) is 0 Å². The Morgan fingerprint density at radius 1 is 1.47 bits per heavy atom. The van der Waals surface area contributed by atoms with Gasteiger partial charge in [0.15, 0.2) is 0 Å². The van der Waals surface area contributed by atoms with Gasteiger partial charge in [0.25, 0.3) is 0 Å². The van der Waals surface area contributed by atoms with Crippen molar-refractivity contribution in [3.05, 3.63) is 23.0 Å². The summed E-state index contributed by atoms with van der Waals surface area (Å²) in [7, 11) is -1.89. The van der Waals surface area contributed by atoms with E-state index in [0.717, 1.165) is 0 Å². The van der Waals surface area contributed by atoms with Gasteiger partial charge in [-0.1, -0.05) is 0 Å². The number of pyridine rings is 1. The van der Waals surface area contributed by atoms with E-state index < -0.39 is 7.32 Å². The normalized spacial score (nSPS) is 10.4. The largest absolute Gasteiger partial charge is 0.634 e. The van der Waals surface area contributed by atoms with Crippen molar-refractivity contribution in [2.45, 2.75) is 20.1 Å². The summed E-state index contributed by atoms with van der Waals surface area (Å²) in [5.41, 5.74) is 1.09. The first-order chi connectivity index (χ1) is 7.06. The summed E-state index contributed by atoms with van der Waals surface area (Å²) in [6.45, 7) is 1.09. The first-order valence-corrected chi connectivity index (χ1v) is 4.31. The molecule has 15 heavy (non-hydrogen) atoms. The van der Waals surface area contributed by atoms with E-state index in [1.54, 1.807) is 6.92 Å². The third-order valence-electron chi connectivity index (χ3n) is 1.98. The van der Waals surface area contributed by atoms with E-state index in [4.69, 9.17) is 15.2 Å². The van der Waals surface area contributed by atoms with Crippen LogP contribution in [-0.4, -0.2) is 32.6 Å². The van der Waals surface area contributed by atoms with Gasteiger partial charge in [-0.2, -0.15) is 0 Å². The second-order valence-corrected chi connectivity index (χ2v) is 2.99. The number of aromatic hydroxyl groups is 1. The minimum absolute atomic E-state index is 0.106. The van der Waals surface area contributed by atoms with Crippen LogP contribution in [0.25, 0.3) is 0 Å². The van der Waals surface area contributed by atoms with Crippen LogP contribution in [0.3, 0.4) is 0 Å². The zero-order chi connectivity index (χ0) is 11.4. The highest BCUT2D eigenvalue weighted by molar-refractivity contribution is 6.32. The molecular weight excluding hydrogens is 201 g/mol. The Balaban J connectivity index is 2.92. The van der Waals surface area contributed by atoms with E-state index in [1.807, 2.05) is 0 Å². The summed E-state index contributed by atoms with van der Waals surface area (Å²) in [6, 6.07) is 0. The van der Waals surface area contributed by atoms with Gasteiger partial charge in [-0.05, 0) is 6.92 Å². The Bertz CT molecular complexity index is 344. The van der Waals surface area contributed by atoms with Crippen molar-refractivity contribution in [3.63, 3.8) is 0 Å². The van der Waals surface area contributed by atoms with Crippen molar-refractivity contribution < 1.29 is 24.9 Å². The standard InChI is InChI=1S/C8H12BNO5/c1-5-8(12)7(3-11)6(2-10-5)4-15-9(13)14/h2,11-14H,3-4H2,1H3. The SMILES string of the molecule is Cc1ncc(COB(O)O)c(CO)c1O. The van der Waals surface area contributed by atoms with Crippen molar-refractivity contribution in [3.8, 4) is 5.75 Å². The maximum atomic E-state index is 9.54. The first-order valence-electron chi connectivity index (χ1n) is 4.31. The van der Waals surface area contributed by atoms with E-state index >= 15 is 0 Å². The topological polar surface area (TPSA) is 103 Å². The van der Waals surface area contributed by atoms with Crippen LogP contribution in [-0.2, 0) is 17.9 Å². The molecule has 1 rings (SSSR count). The molecular formula is C8H12BNO5. The Morgan fingerprint density at radius 3 is 2.67 bits per heavy atom. The molecule has 0 radical (unpaired) electrons. The van der Waals surface area contributed by atoms with E-state index in [2.05, 4.69) is 9.64 Å². The fourth-order valence-corrected chi connectivity index (χ4v) is 1.15. The quantitative estimate of drug-likeness (QED) is 0.482. The summed E-state index contributed by atoms with van der Waals surface area (Å²) >= 11 is 0. The highest BCUT2D eigenvalue weighted by Gasteiger charge is 2.14. The summed E-state index contributed by atoms with van der Waals surface area (Å²) < 4.78 is 4.51. The fourth-order valence-electron chi connectivity index (χ4n) is 1.15. The van der Waals surface area contributed by atoms with Gasteiger partial charge in [-0.3, -0.25) is 4.98 Å².